The van der Waals surface area contributed by atoms with E-state index >= 15 is 4.21 Å². The Morgan fingerprint density at radius 1 is 1.05 bits per heavy atom. The summed E-state index contributed by atoms with van der Waals surface area (Å²) in [7, 11) is -4.32. The molecule has 2 aliphatic rings. The lowest BCUT2D eigenvalue weighted by atomic mass is 10.0. The summed E-state index contributed by atoms with van der Waals surface area (Å²) in [6.45, 7) is 8.76. The number of aromatic nitrogens is 1. The average Bonchev–Trinajstić information content (AvgIpc) is 3.69. The van der Waals surface area contributed by atoms with Crippen LogP contribution in [0.2, 0.25) is 5.04 Å². The van der Waals surface area contributed by atoms with E-state index in [1.807, 2.05) is 32.3 Å². The van der Waals surface area contributed by atoms with E-state index in [0.717, 1.165) is 35.2 Å². The third-order valence-corrected chi connectivity index (χ3v) is 16.2. The number of hydrogen-bond acceptors (Lipinski definition) is 4. The van der Waals surface area contributed by atoms with E-state index < -0.39 is 18.2 Å². The van der Waals surface area contributed by atoms with Crippen molar-refractivity contribution in [1.82, 2.24) is 9.29 Å². The predicted molar refractivity (Wildman–Crippen MR) is 156 cm³/mol. The molecule has 2 heterocycles. The van der Waals surface area contributed by atoms with E-state index in [2.05, 4.69) is 74.0 Å². The first kappa shape index (κ1) is 26.9. The molecule has 6 nitrogen and oxygen atoms in total. The minimum absolute atomic E-state index is 0.0946. The Morgan fingerprint density at radius 2 is 1.63 bits per heavy atom. The zero-order valence-electron chi connectivity index (χ0n) is 23.1. The molecule has 1 N–H and O–H groups in total. The molecule has 38 heavy (non-hydrogen) atoms. The molecule has 202 valence electrons. The molecule has 1 saturated carbocycles. The zero-order valence-corrected chi connectivity index (χ0v) is 24.9. The van der Waals surface area contributed by atoms with Gasteiger partial charge in [0, 0.05) is 24.8 Å². The number of esters is 1. The summed E-state index contributed by atoms with van der Waals surface area (Å²) < 4.78 is 32.0. The summed E-state index contributed by atoms with van der Waals surface area (Å²) in [6, 6.07) is 20.9. The fraction of sp³-hybridized carbons (Fsp3) is 0.433. The van der Waals surface area contributed by atoms with E-state index in [9.17, 15) is 4.79 Å². The van der Waals surface area contributed by atoms with Crippen LogP contribution in [0.15, 0.2) is 75.8 Å². The van der Waals surface area contributed by atoms with Gasteiger partial charge in [-0.15, -0.1) is 0 Å². The van der Waals surface area contributed by atoms with Gasteiger partial charge in [0.05, 0.1) is 11.5 Å². The van der Waals surface area contributed by atoms with Gasteiger partial charge in [0.2, 0.25) is 0 Å². The van der Waals surface area contributed by atoms with Gasteiger partial charge in [-0.05, 0) is 53.9 Å². The first-order valence-electron chi connectivity index (χ1n) is 13.6. The van der Waals surface area contributed by atoms with Crippen LogP contribution in [0.1, 0.15) is 63.0 Å². The molecule has 1 aromatic heterocycles. The SMILES string of the molecule is CCOC(=O)c1c2c(cn1C)S(=O)(=N[Si](c1ccccc1)(c1ccccc1)C(C)(C)C)N[C@@H](C1CC1)CC2. The van der Waals surface area contributed by atoms with Crippen LogP contribution in [0, 0.1) is 5.92 Å². The molecule has 0 saturated heterocycles. The van der Waals surface area contributed by atoms with Gasteiger partial charge in [-0.3, -0.25) is 0 Å². The number of nitrogens with zero attached hydrogens (tertiary/aromatic N) is 2. The molecule has 1 unspecified atom stereocenters. The van der Waals surface area contributed by atoms with Crippen molar-refractivity contribution in [2.24, 2.45) is 17.0 Å². The Hall–Kier alpha value is -2.68. The average molecular weight is 550 g/mol. The smallest absolute Gasteiger partial charge is 0.355 e. The van der Waals surface area contributed by atoms with Crippen molar-refractivity contribution < 1.29 is 13.7 Å². The minimum atomic E-state index is -3.12. The molecule has 0 spiro atoms. The van der Waals surface area contributed by atoms with Gasteiger partial charge in [0.15, 0.2) is 0 Å². The molecular formula is C30H39N3O3SSi. The maximum absolute atomic E-state index is 15.5. The van der Waals surface area contributed by atoms with Crippen LogP contribution in [-0.4, -0.2) is 35.6 Å². The van der Waals surface area contributed by atoms with E-state index in [1.165, 1.54) is 0 Å². The second-order valence-electron chi connectivity index (χ2n) is 11.6. The largest absolute Gasteiger partial charge is 0.461 e. The summed E-state index contributed by atoms with van der Waals surface area (Å²) in [4.78, 5) is 13.7. The van der Waals surface area contributed by atoms with Crippen molar-refractivity contribution in [2.75, 3.05) is 6.61 Å². The number of rotatable bonds is 6. The standard InChI is InChI=1S/C30H39N3O3SSi/c1-6-36-29(34)28-25-19-20-26(22-17-18-22)31-37(35,27(25)21-33(28)5)32-38(30(2,3)4,23-13-9-7-10-14-23)24-15-11-8-12-16-24/h7-16,21-22,26H,6,17-20H2,1-5H3,(H,31,32,35)/t26-,37?/m1/s1. The van der Waals surface area contributed by atoms with Gasteiger partial charge in [0.25, 0.3) is 8.24 Å². The number of carbonyl (C=O) groups excluding carboxylic acids is 1. The summed E-state index contributed by atoms with van der Waals surface area (Å²) in [6.07, 6.45) is 5.62. The molecule has 0 radical (unpaired) electrons. The highest BCUT2D eigenvalue weighted by atomic mass is 32.2. The molecule has 2 atom stereocenters. The van der Waals surface area contributed by atoms with Crippen molar-refractivity contribution in [1.29, 1.82) is 0 Å². The maximum atomic E-state index is 15.5. The fourth-order valence-corrected chi connectivity index (χ4v) is 15.1. The van der Waals surface area contributed by atoms with Crippen molar-refractivity contribution in [3.05, 3.63) is 78.1 Å². The van der Waals surface area contributed by atoms with Crippen LogP contribution in [0.25, 0.3) is 0 Å². The van der Waals surface area contributed by atoms with E-state index in [4.69, 9.17) is 8.77 Å². The minimum Gasteiger partial charge on any atom is -0.461 e. The number of carbonyl (C=O) groups is 1. The molecule has 3 aromatic rings. The second-order valence-corrected chi connectivity index (χ2v) is 18.1. The van der Waals surface area contributed by atoms with Crippen molar-refractivity contribution in [3.8, 4) is 0 Å². The monoisotopic (exact) mass is 549 g/mol. The normalized spacial score (nSPS) is 21.9. The Balaban J connectivity index is 1.85. The summed E-state index contributed by atoms with van der Waals surface area (Å²) in [5.74, 6) is 0.127. The van der Waals surface area contributed by atoms with Gasteiger partial charge in [-0.1, -0.05) is 81.4 Å². The number of ether oxygens (including phenoxy) is 1. The topological polar surface area (TPSA) is 72.7 Å². The lowest BCUT2D eigenvalue weighted by molar-refractivity contribution is 0.0513. The predicted octanol–water partition coefficient (Wildman–Crippen LogP) is 4.82. The molecule has 1 aliphatic heterocycles. The Morgan fingerprint density at radius 3 is 2.13 bits per heavy atom. The second kappa shape index (κ2) is 10.1. The van der Waals surface area contributed by atoms with Crippen molar-refractivity contribution in [3.63, 3.8) is 0 Å². The highest BCUT2D eigenvalue weighted by Crippen LogP contribution is 2.42. The van der Waals surface area contributed by atoms with E-state index in [0.29, 0.717) is 29.5 Å². The van der Waals surface area contributed by atoms with Gasteiger partial charge < -0.3 is 9.30 Å². The molecule has 0 amide bonds. The lowest BCUT2D eigenvalue weighted by Gasteiger charge is -2.40. The lowest BCUT2D eigenvalue weighted by Crippen LogP contribution is -2.64. The van der Waals surface area contributed by atoms with Gasteiger partial charge in [-0.25, -0.2) is 17.8 Å². The van der Waals surface area contributed by atoms with E-state index in [-0.39, 0.29) is 17.0 Å². The molecule has 8 heteroatoms. The van der Waals surface area contributed by atoms with Crippen molar-refractivity contribution in [2.45, 2.75) is 69.4 Å². The number of aryl methyl sites for hydroxylation is 1. The Labute approximate surface area is 228 Å². The molecule has 5 rings (SSSR count). The Bertz CT molecular complexity index is 1390. The third-order valence-electron chi connectivity index (χ3n) is 7.96. The van der Waals surface area contributed by atoms with Crippen LogP contribution >= 0.6 is 0 Å². The number of fused-ring (bicyclic) bond motifs is 1. The quantitative estimate of drug-likeness (QED) is 0.354. The van der Waals surface area contributed by atoms with Gasteiger partial charge in [0.1, 0.15) is 15.6 Å². The van der Waals surface area contributed by atoms with Crippen LogP contribution in [0.3, 0.4) is 0 Å². The summed E-state index contributed by atoms with van der Waals surface area (Å²) in [5, 5.41) is 1.96. The third kappa shape index (κ3) is 4.67. The van der Waals surface area contributed by atoms with Crippen molar-refractivity contribution >= 4 is 34.5 Å². The fourth-order valence-electron chi connectivity index (χ4n) is 5.95. The van der Waals surface area contributed by atoms with Crippen LogP contribution in [0.5, 0.6) is 0 Å². The van der Waals surface area contributed by atoms with Crippen LogP contribution in [0.4, 0.5) is 0 Å². The first-order chi connectivity index (χ1) is 18.1. The molecule has 1 fully saturated rings. The summed E-state index contributed by atoms with van der Waals surface area (Å²) >= 11 is 0. The maximum Gasteiger partial charge on any atom is 0.355 e. The number of nitrogens with one attached hydrogen (secondary N) is 1. The van der Waals surface area contributed by atoms with Crippen LogP contribution in [-0.2, 0) is 28.1 Å². The summed E-state index contributed by atoms with van der Waals surface area (Å²) in [5.41, 5.74) is 1.30. The number of hydrogen-bond donors (Lipinski definition) is 1. The molecule has 0 bridgehead atoms. The zero-order chi connectivity index (χ0) is 27.1. The van der Waals surface area contributed by atoms with Crippen LogP contribution < -0.4 is 15.1 Å². The Kier molecular flexibility index (Phi) is 7.17. The van der Waals surface area contributed by atoms with Gasteiger partial charge >= 0.3 is 5.97 Å². The van der Waals surface area contributed by atoms with Gasteiger partial charge in [-0.2, -0.15) is 0 Å². The molecule has 1 aliphatic carbocycles. The van der Waals surface area contributed by atoms with E-state index in [1.54, 1.807) is 4.57 Å². The number of benzene rings is 2. The molecular weight excluding hydrogens is 511 g/mol. The first-order valence-corrected chi connectivity index (χ1v) is 17.1. The highest BCUT2D eigenvalue weighted by Gasteiger charge is 2.51. The highest BCUT2D eigenvalue weighted by molar-refractivity contribution is 7.92. The molecule has 2 aromatic carbocycles.